The lowest BCUT2D eigenvalue weighted by atomic mass is 9.98. The van der Waals surface area contributed by atoms with Crippen LogP contribution in [0.5, 0.6) is 0 Å². The summed E-state index contributed by atoms with van der Waals surface area (Å²) in [6, 6.07) is 0.413. The number of aliphatic imine (C=N–C) groups is 1. The van der Waals surface area contributed by atoms with E-state index in [1.165, 1.54) is 32.1 Å². The van der Waals surface area contributed by atoms with Gasteiger partial charge in [-0.1, -0.05) is 19.3 Å². The summed E-state index contributed by atoms with van der Waals surface area (Å²) in [5, 5.41) is 6.57. The monoisotopic (exact) mass is 397 g/mol. The zero-order valence-electron chi connectivity index (χ0n) is 13.3. The molecule has 0 amide bonds. The van der Waals surface area contributed by atoms with E-state index in [0.717, 1.165) is 32.1 Å². The van der Waals surface area contributed by atoms with Crippen LogP contribution in [-0.2, 0) is 4.74 Å². The summed E-state index contributed by atoms with van der Waals surface area (Å²) in [5.41, 5.74) is 0. The number of nitrogens with one attached hydrogen (secondary N) is 2. The molecule has 20 heavy (non-hydrogen) atoms. The van der Waals surface area contributed by atoms with Gasteiger partial charge in [-0.05, 0) is 40.0 Å². The first-order valence-electron chi connectivity index (χ1n) is 7.88. The molecule has 0 saturated heterocycles. The molecule has 1 saturated carbocycles. The molecule has 0 spiro atoms. The van der Waals surface area contributed by atoms with Crippen molar-refractivity contribution in [2.45, 2.75) is 71.4 Å². The van der Waals surface area contributed by atoms with E-state index >= 15 is 0 Å². The van der Waals surface area contributed by atoms with Crippen LogP contribution in [0, 0.1) is 0 Å². The van der Waals surface area contributed by atoms with Gasteiger partial charge in [0, 0.05) is 25.7 Å². The van der Waals surface area contributed by atoms with E-state index in [9.17, 15) is 0 Å². The van der Waals surface area contributed by atoms with Crippen molar-refractivity contribution in [2.24, 2.45) is 4.99 Å². The van der Waals surface area contributed by atoms with E-state index in [2.05, 4.69) is 36.4 Å². The van der Waals surface area contributed by atoms with E-state index in [-0.39, 0.29) is 24.0 Å². The van der Waals surface area contributed by atoms with Crippen molar-refractivity contribution in [3.8, 4) is 0 Å². The number of rotatable bonds is 7. The Morgan fingerprint density at radius 1 is 1.25 bits per heavy atom. The lowest BCUT2D eigenvalue weighted by Crippen LogP contribution is -2.41. The molecule has 0 aromatic carbocycles. The Balaban J connectivity index is 0.00000361. The maximum atomic E-state index is 5.90. The fraction of sp³-hybridized carbons (Fsp3) is 0.933. The average molecular weight is 397 g/mol. The van der Waals surface area contributed by atoms with Crippen LogP contribution in [-0.4, -0.2) is 37.8 Å². The van der Waals surface area contributed by atoms with Crippen molar-refractivity contribution in [1.82, 2.24) is 10.6 Å². The highest BCUT2D eigenvalue weighted by molar-refractivity contribution is 14.0. The maximum Gasteiger partial charge on any atom is 0.191 e. The van der Waals surface area contributed by atoms with Crippen LogP contribution in [0.15, 0.2) is 4.99 Å². The number of guanidine groups is 1. The fourth-order valence-electron chi connectivity index (χ4n) is 2.33. The number of ether oxygens (including phenoxy) is 1. The first-order valence-corrected chi connectivity index (χ1v) is 7.88. The largest absolute Gasteiger partial charge is 0.378 e. The van der Waals surface area contributed by atoms with Crippen molar-refractivity contribution in [2.75, 3.05) is 19.7 Å². The first-order chi connectivity index (χ1) is 9.22. The molecule has 120 valence electrons. The summed E-state index contributed by atoms with van der Waals surface area (Å²) in [7, 11) is 0. The molecule has 0 aromatic heterocycles. The lowest BCUT2D eigenvalue weighted by molar-refractivity contribution is 0.0281. The summed E-state index contributed by atoms with van der Waals surface area (Å²) >= 11 is 0. The van der Waals surface area contributed by atoms with Crippen LogP contribution < -0.4 is 10.6 Å². The third-order valence-corrected chi connectivity index (χ3v) is 3.25. The smallest absolute Gasteiger partial charge is 0.191 e. The molecule has 1 aliphatic carbocycles. The highest BCUT2D eigenvalue weighted by Gasteiger charge is 2.12. The Morgan fingerprint density at radius 2 is 1.95 bits per heavy atom. The summed E-state index contributed by atoms with van der Waals surface area (Å²) in [4.78, 5) is 4.55. The SMILES string of the molecule is CCNC(=NCCCOC1CCCCC1)NC(C)C.I. The minimum atomic E-state index is 0. The zero-order chi connectivity index (χ0) is 13.9. The summed E-state index contributed by atoms with van der Waals surface area (Å²) in [5.74, 6) is 0.912. The van der Waals surface area contributed by atoms with Gasteiger partial charge in [-0.3, -0.25) is 4.99 Å². The normalized spacial score (nSPS) is 16.9. The second-order valence-corrected chi connectivity index (χ2v) is 5.54. The molecule has 2 N–H and O–H groups in total. The third-order valence-electron chi connectivity index (χ3n) is 3.25. The van der Waals surface area contributed by atoms with Crippen molar-refractivity contribution in [3.63, 3.8) is 0 Å². The van der Waals surface area contributed by atoms with Crippen LogP contribution in [0.3, 0.4) is 0 Å². The molecule has 0 heterocycles. The number of hydrogen-bond donors (Lipinski definition) is 2. The Hall–Kier alpha value is -0.0400. The molecule has 0 bridgehead atoms. The summed E-state index contributed by atoms with van der Waals surface area (Å²) in [6.07, 6.45) is 8.08. The van der Waals surface area contributed by atoms with Gasteiger partial charge in [-0.15, -0.1) is 24.0 Å². The van der Waals surface area contributed by atoms with Crippen LogP contribution in [0.25, 0.3) is 0 Å². The van der Waals surface area contributed by atoms with E-state index in [4.69, 9.17) is 4.74 Å². The van der Waals surface area contributed by atoms with Gasteiger partial charge in [0.15, 0.2) is 5.96 Å². The van der Waals surface area contributed by atoms with E-state index in [1.807, 2.05) is 0 Å². The Bertz CT molecular complexity index is 254. The number of hydrogen-bond acceptors (Lipinski definition) is 2. The Labute approximate surface area is 141 Å². The molecular weight excluding hydrogens is 365 g/mol. The maximum absolute atomic E-state index is 5.90. The molecule has 0 aromatic rings. The first kappa shape index (κ1) is 20.0. The van der Waals surface area contributed by atoms with Crippen molar-refractivity contribution in [3.05, 3.63) is 0 Å². The number of halogens is 1. The minimum Gasteiger partial charge on any atom is -0.378 e. The van der Waals surface area contributed by atoms with Crippen molar-refractivity contribution < 1.29 is 4.74 Å². The highest BCUT2D eigenvalue weighted by Crippen LogP contribution is 2.20. The van der Waals surface area contributed by atoms with E-state index in [1.54, 1.807) is 0 Å². The third kappa shape index (κ3) is 9.80. The second kappa shape index (κ2) is 12.7. The molecule has 5 heteroatoms. The minimum absolute atomic E-state index is 0. The molecule has 1 rings (SSSR count). The van der Waals surface area contributed by atoms with Gasteiger partial charge in [0.2, 0.25) is 0 Å². The lowest BCUT2D eigenvalue weighted by Gasteiger charge is -2.21. The zero-order valence-corrected chi connectivity index (χ0v) is 15.6. The van der Waals surface area contributed by atoms with Crippen LogP contribution >= 0.6 is 24.0 Å². The molecule has 0 radical (unpaired) electrons. The molecule has 1 aliphatic rings. The second-order valence-electron chi connectivity index (χ2n) is 5.54. The molecule has 0 unspecified atom stereocenters. The van der Waals surface area contributed by atoms with Gasteiger partial charge in [-0.2, -0.15) is 0 Å². The Kier molecular flexibility index (Phi) is 12.7. The van der Waals surface area contributed by atoms with Gasteiger partial charge in [0.1, 0.15) is 0 Å². The Morgan fingerprint density at radius 3 is 2.55 bits per heavy atom. The fourth-order valence-corrected chi connectivity index (χ4v) is 2.33. The van der Waals surface area contributed by atoms with Crippen LogP contribution in [0.4, 0.5) is 0 Å². The van der Waals surface area contributed by atoms with Gasteiger partial charge >= 0.3 is 0 Å². The van der Waals surface area contributed by atoms with Gasteiger partial charge in [0.05, 0.1) is 6.10 Å². The van der Waals surface area contributed by atoms with Gasteiger partial charge < -0.3 is 15.4 Å². The van der Waals surface area contributed by atoms with E-state index < -0.39 is 0 Å². The predicted molar refractivity (Wildman–Crippen MR) is 97.1 cm³/mol. The number of nitrogens with zero attached hydrogens (tertiary/aromatic N) is 1. The average Bonchev–Trinajstić information content (AvgIpc) is 2.39. The van der Waals surface area contributed by atoms with Crippen molar-refractivity contribution in [1.29, 1.82) is 0 Å². The van der Waals surface area contributed by atoms with Crippen LogP contribution in [0.2, 0.25) is 0 Å². The quantitative estimate of drug-likeness (QED) is 0.300. The van der Waals surface area contributed by atoms with E-state index in [0.29, 0.717) is 12.1 Å². The highest BCUT2D eigenvalue weighted by atomic mass is 127. The summed E-state index contributed by atoms with van der Waals surface area (Å²) < 4.78 is 5.90. The van der Waals surface area contributed by atoms with Gasteiger partial charge in [-0.25, -0.2) is 0 Å². The molecule has 4 nitrogen and oxygen atoms in total. The molecule has 1 fully saturated rings. The van der Waals surface area contributed by atoms with Crippen molar-refractivity contribution >= 4 is 29.9 Å². The molecule has 0 aliphatic heterocycles. The van der Waals surface area contributed by atoms with Gasteiger partial charge in [0.25, 0.3) is 0 Å². The topological polar surface area (TPSA) is 45.7 Å². The standard InChI is InChI=1S/C15H31N3O.HI/c1-4-16-15(18-13(2)3)17-11-8-12-19-14-9-6-5-7-10-14;/h13-14H,4-12H2,1-3H3,(H2,16,17,18);1H. The molecular formula is C15H32IN3O. The molecule has 0 atom stereocenters. The summed E-state index contributed by atoms with van der Waals surface area (Å²) in [6.45, 7) is 8.91. The van der Waals surface area contributed by atoms with Crippen LogP contribution in [0.1, 0.15) is 59.3 Å². The predicted octanol–water partition coefficient (Wildman–Crippen LogP) is 3.31.